The summed E-state index contributed by atoms with van der Waals surface area (Å²) in [5.41, 5.74) is 0. The normalized spacial score (nSPS) is 23.8. The molecule has 0 saturated carbocycles. The first-order valence-electron chi connectivity index (χ1n) is 6.08. The van der Waals surface area contributed by atoms with Crippen LogP contribution in [0.4, 0.5) is 0 Å². The van der Waals surface area contributed by atoms with Crippen LogP contribution < -0.4 is 5.32 Å². The fraction of sp³-hybridized carbons (Fsp3) is 0.727. The molecule has 0 unspecified atom stereocenters. The third-order valence-corrected chi connectivity index (χ3v) is 4.69. The molecule has 3 rings (SSSR count). The van der Waals surface area contributed by atoms with E-state index in [1.165, 1.54) is 31.1 Å². The van der Waals surface area contributed by atoms with E-state index in [-0.39, 0.29) is 0 Å². The summed E-state index contributed by atoms with van der Waals surface area (Å²) in [4.78, 5) is 10.5. The molecule has 1 N–H and O–H groups in total. The first-order chi connectivity index (χ1) is 8.31. The minimum atomic E-state index is 0.652. The molecule has 0 aromatic carbocycles. The van der Waals surface area contributed by atoms with E-state index in [4.69, 9.17) is 11.6 Å². The first kappa shape index (κ1) is 11.9. The minimum absolute atomic E-state index is 0.652. The molecule has 0 atom stereocenters. The van der Waals surface area contributed by atoms with Gasteiger partial charge in [-0.2, -0.15) is 0 Å². The Bertz CT molecular complexity index is 371. The van der Waals surface area contributed by atoms with Crippen LogP contribution in [0.2, 0.25) is 4.47 Å². The zero-order chi connectivity index (χ0) is 11.7. The maximum atomic E-state index is 5.84. The number of nitrogens with one attached hydrogen (secondary N) is 1. The summed E-state index contributed by atoms with van der Waals surface area (Å²) >= 11 is 7.44. The Morgan fingerprint density at radius 1 is 1.35 bits per heavy atom. The van der Waals surface area contributed by atoms with Crippen LogP contribution in [0.25, 0.3) is 0 Å². The first-order valence-corrected chi connectivity index (χ1v) is 7.28. The highest BCUT2D eigenvalue weighted by Gasteiger charge is 2.27. The molecule has 1 aromatic heterocycles. The van der Waals surface area contributed by atoms with Gasteiger partial charge in [0.15, 0.2) is 4.47 Å². The summed E-state index contributed by atoms with van der Waals surface area (Å²) in [6.07, 6.45) is 1.90. The van der Waals surface area contributed by atoms with Gasteiger partial charge in [0.05, 0.1) is 0 Å². The lowest BCUT2D eigenvalue weighted by Gasteiger charge is -2.43. The summed E-state index contributed by atoms with van der Waals surface area (Å²) in [6, 6.07) is 0.787. The number of piperazine rings is 1. The molecule has 4 nitrogen and oxygen atoms in total. The van der Waals surface area contributed by atoms with Gasteiger partial charge in [-0.15, -0.1) is 11.3 Å². The van der Waals surface area contributed by atoms with Crippen molar-refractivity contribution >= 4 is 22.9 Å². The molecule has 17 heavy (non-hydrogen) atoms. The molecule has 6 heteroatoms. The summed E-state index contributed by atoms with van der Waals surface area (Å²) in [5, 5.41) is 3.34. The molecule has 0 bridgehead atoms. The number of rotatable bonds is 3. The Morgan fingerprint density at radius 2 is 2.12 bits per heavy atom. The number of thiazole rings is 1. The van der Waals surface area contributed by atoms with Crippen molar-refractivity contribution < 1.29 is 0 Å². The fourth-order valence-electron chi connectivity index (χ4n) is 2.40. The van der Waals surface area contributed by atoms with Crippen molar-refractivity contribution in [1.82, 2.24) is 20.1 Å². The van der Waals surface area contributed by atoms with E-state index in [1.807, 2.05) is 6.20 Å². The number of nitrogens with zero attached hydrogens (tertiary/aromatic N) is 3. The van der Waals surface area contributed by atoms with Gasteiger partial charge >= 0.3 is 0 Å². The zero-order valence-corrected chi connectivity index (χ0v) is 11.3. The molecular weight excluding hydrogens is 256 g/mol. The standard InChI is InChI=1S/C11H17ClN4S/c12-11-14-7-10(17-11)8-15-1-3-16(4-2-15)9-5-13-6-9/h7,9,13H,1-6,8H2. The Hall–Kier alpha value is -0.200. The lowest BCUT2D eigenvalue weighted by Crippen LogP contribution is -2.61. The van der Waals surface area contributed by atoms with Crippen LogP contribution in [0.1, 0.15) is 4.88 Å². The van der Waals surface area contributed by atoms with Gasteiger partial charge in [-0.25, -0.2) is 4.98 Å². The van der Waals surface area contributed by atoms with Crippen molar-refractivity contribution in [2.75, 3.05) is 39.3 Å². The summed E-state index contributed by atoms with van der Waals surface area (Å²) < 4.78 is 0.652. The second kappa shape index (κ2) is 5.20. The summed E-state index contributed by atoms with van der Waals surface area (Å²) in [6.45, 7) is 8.05. The third kappa shape index (κ3) is 2.80. The molecular formula is C11H17ClN4S. The molecule has 2 fully saturated rings. The lowest BCUT2D eigenvalue weighted by atomic mass is 10.1. The monoisotopic (exact) mass is 272 g/mol. The van der Waals surface area contributed by atoms with E-state index in [0.29, 0.717) is 4.47 Å². The van der Waals surface area contributed by atoms with Crippen molar-refractivity contribution in [3.63, 3.8) is 0 Å². The topological polar surface area (TPSA) is 31.4 Å². The zero-order valence-electron chi connectivity index (χ0n) is 9.73. The Kier molecular flexibility index (Phi) is 3.63. The van der Waals surface area contributed by atoms with Crippen molar-refractivity contribution in [2.24, 2.45) is 0 Å². The van der Waals surface area contributed by atoms with Crippen LogP contribution in [0.3, 0.4) is 0 Å². The van der Waals surface area contributed by atoms with Crippen LogP contribution in [0, 0.1) is 0 Å². The van der Waals surface area contributed by atoms with Crippen LogP contribution >= 0.6 is 22.9 Å². The Labute approximate surface area is 111 Å². The van der Waals surface area contributed by atoms with Crippen LogP contribution in [-0.4, -0.2) is 60.1 Å². The maximum absolute atomic E-state index is 5.84. The number of hydrogen-bond acceptors (Lipinski definition) is 5. The van der Waals surface area contributed by atoms with E-state index < -0.39 is 0 Å². The smallest absolute Gasteiger partial charge is 0.183 e. The van der Waals surface area contributed by atoms with Crippen molar-refractivity contribution in [3.05, 3.63) is 15.5 Å². The molecule has 3 heterocycles. The van der Waals surface area contributed by atoms with Gasteiger partial charge in [-0.05, 0) is 0 Å². The van der Waals surface area contributed by atoms with Gasteiger partial charge in [-0.1, -0.05) is 11.6 Å². The fourth-order valence-corrected chi connectivity index (χ4v) is 3.42. The molecule has 2 aliphatic rings. The SMILES string of the molecule is Clc1ncc(CN2CCN(C3CNC3)CC2)s1. The molecule has 2 saturated heterocycles. The third-order valence-electron chi connectivity index (χ3n) is 3.59. The van der Waals surface area contributed by atoms with Gasteiger partial charge < -0.3 is 5.32 Å². The number of hydrogen-bond donors (Lipinski definition) is 1. The molecule has 0 amide bonds. The highest BCUT2D eigenvalue weighted by atomic mass is 35.5. The van der Waals surface area contributed by atoms with Gasteiger partial charge in [0.25, 0.3) is 0 Å². The predicted octanol–water partition coefficient (Wildman–Crippen LogP) is 0.886. The second-order valence-corrected chi connectivity index (χ2v) is 6.40. The van der Waals surface area contributed by atoms with E-state index in [9.17, 15) is 0 Å². The van der Waals surface area contributed by atoms with Gasteiger partial charge in [-0.3, -0.25) is 9.80 Å². The van der Waals surface area contributed by atoms with Gasteiger partial charge in [0.2, 0.25) is 0 Å². The molecule has 1 aromatic rings. The predicted molar refractivity (Wildman–Crippen MR) is 70.6 cm³/mol. The van der Waals surface area contributed by atoms with Crippen LogP contribution in [0.15, 0.2) is 6.20 Å². The van der Waals surface area contributed by atoms with Gasteiger partial charge in [0.1, 0.15) is 0 Å². The summed E-state index contributed by atoms with van der Waals surface area (Å²) in [5.74, 6) is 0. The van der Waals surface area contributed by atoms with E-state index in [0.717, 1.165) is 25.7 Å². The van der Waals surface area contributed by atoms with Crippen LogP contribution in [0.5, 0.6) is 0 Å². The largest absolute Gasteiger partial charge is 0.314 e. The quantitative estimate of drug-likeness (QED) is 0.886. The van der Waals surface area contributed by atoms with Gasteiger partial charge in [0, 0.05) is 62.9 Å². The molecule has 0 aliphatic carbocycles. The van der Waals surface area contributed by atoms with E-state index in [1.54, 1.807) is 11.3 Å². The second-order valence-electron chi connectivity index (χ2n) is 4.70. The van der Waals surface area contributed by atoms with E-state index >= 15 is 0 Å². The molecule has 2 aliphatic heterocycles. The van der Waals surface area contributed by atoms with Crippen molar-refractivity contribution in [1.29, 1.82) is 0 Å². The maximum Gasteiger partial charge on any atom is 0.183 e. The average Bonchev–Trinajstić information content (AvgIpc) is 2.64. The highest BCUT2D eigenvalue weighted by Crippen LogP contribution is 2.20. The molecule has 0 radical (unpaired) electrons. The summed E-state index contributed by atoms with van der Waals surface area (Å²) in [7, 11) is 0. The lowest BCUT2D eigenvalue weighted by molar-refractivity contribution is 0.0700. The van der Waals surface area contributed by atoms with Crippen molar-refractivity contribution in [3.8, 4) is 0 Å². The Balaban J connectivity index is 1.47. The van der Waals surface area contributed by atoms with E-state index in [2.05, 4.69) is 20.1 Å². The van der Waals surface area contributed by atoms with Crippen LogP contribution in [-0.2, 0) is 6.54 Å². The molecule has 94 valence electrons. The highest BCUT2D eigenvalue weighted by molar-refractivity contribution is 7.15. The molecule has 0 spiro atoms. The van der Waals surface area contributed by atoms with Crippen molar-refractivity contribution in [2.45, 2.75) is 12.6 Å². The average molecular weight is 273 g/mol. The number of aromatic nitrogens is 1. The minimum Gasteiger partial charge on any atom is -0.314 e. The number of halogens is 1. The Morgan fingerprint density at radius 3 is 2.65 bits per heavy atom.